The Bertz CT molecular complexity index is 543. The minimum atomic E-state index is -4.16. The van der Waals surface area contributed by atoms with Gasteiger partial charge in [-0.05, 0) is 12.1 Å². The molecule has 0 aromatic heterocycles. The lowest BCUT2D eigenvalue weighted by Crippen LogP contribution is -2.15. The van der Waals surface area contributed by atoms with Gasteiger partial charge in [0.25, 0.3) is 10.1 Å². The molecule has 96 valence electrons. The lowest BCUT2D eigenvalue weighted by molar-refractivity contribution is 0.0528. The summed E-state index contributed by atoms with van der Waals surface area (Å²) >= 11 is 5.81. The van der Waals surface area contributed by atoms with Crippen molar-refractivity contribution in [2.75, 3.05) is 12.4 Å². The smallest absolute Gasteiger partial charge is 0.339 e. The topological polar surface area (TPSA) is 80.7 Å². The van der Waals surface area contributed by atoms with Crippen LogP contribution in [0, 0.1) is 0 Å². The maximum atomic E-state index is 11.6. The van der Waals surface area contributed by atoms with Gasteiger partial charge >= 0.3 is 5.97 Å². The van der Waals surface area contributed by atoms with Gasteiger partial charge in [0, 0.05) is 0 Å². The SMILES string of the molecule is [B]Cc1ccc(Cl)c(C(=O)OCCS(=O)(=O)O)c1. The maximum Gasteiger partial charge on any atom is 0.339 e. The molecule has 0 aliphatic carbocycles. The monoisotopic (exact) mass is 288 g/mol. The van der Waals surface area contributed by atoms with Crippen LogP contribution in [0.5, 0.6) is 0 Å². The number of hydrogen-bond acceptors (Lipinski definition) is 4. The van der Waals surface area contributed by atoms with E-state index in [0.29, 0.717) is 5.56 Å². The second-order valence-electron chi connectivity index (χ2n) is 3.44. The highest BCUT2D eigenvalue weighted by Crippen LogP contribution is 2.18. The molecule has 0 amide bonds. The number of esters is 1. The van der Waals surface area contributed by atoms with Gasteiger partial charge in [0.2, 0.25) is 0 Å². The fourth-order valence-electron chi connectivity index (χ4n) is 1.17. The number of rotatable bonds is 5. The molecule has 0 fully saturated rings. The van der Waals surface area contributed by atoms with Gasteiger partial charge in [-0.3, -0.25) is 4.55 Å². The van der Waals surface area contributed by atoms with Crippen molar-refractivity contribution in [1.29, 1.82) is 0 Å². The van der Waals surface area contributed by atoms with Crippen molar-refractivity contribution in [2.24, 2.45) is 0 Å². The predicted octanol–water partition coefficient (Wildman–Crippen LogP) is 1.05. The molecule has 1 aromatic carbocycles. The highest BCUT2D eigenvalue weighted by molar-refractivity contribution is 7.85. The zero-order valence-electron chi connectivity index (χ0n) is 9.30. The normalized spacial score (nSPS) is 11.2. The highest BCUT2D eigenvalue weighted by Gasteiger charge is 2.14. The third kappa shape index (κ3) is 4.68. The molecule has 0 saturated carbocycles. The van der Waals surface area contributed by atoms with E-state index < -0.39 is 28.4 Å². The van der Waals surface area contributed by atoms with Crippen LogP contribution in [-0.2, 0) is 21.2 Å². The predicted molar refractivity (Wildman–Crippen MR) is 67.6 cm³/mol. The highest BCUT2D eigenvalue weighted by atomic mass is 35.5. The van der Waals surface area contributed by atoms with Crippen LogP contribution >= 0.6 is 11.6 Å². The fraction of sp³-hybridized carbons (Fsp3) is 0.300. The molecule has 8 heteroatoms. The van der Waals surface area contributed by atoms with E-state index in [9.17, 15) is 13.2 Å². The Balaban J connectivity index is 2.72. The van der Waals surface area contributed by atoms with Gasteiger partial charge in [0.15, 0.2) is 0 Å². The van der Waals surface area contributed by atoms with E-state index in [1.165, 1.54) is 12.1 Å². The van der Waals surface area contributed by atoms with E-state index in [1.54, 1.807) is 6.07 Å². The number of carbonyl (C=O) groups is 1. The Kier molecular flexibility index (Phi) is 5.19. The second kappa shape index (κ2) is 6.22. The summed E-state index contributed by atoms with van der Waals surface area (Å²) in [6.07, 6.45) is 0.239. The van der Waals surface area contributed by atoms with Crippen LogP contribution in [0.2, 0.25) is 5.02 Å². The summed E-state index contributed by atoms with van der Waals surface area (Å²) < 4.78 is 34.0. The standard InChI is InChI=1S/C10H10BClO5S/c11-6-7-1-2-9(12)8(5-7)10(13)17-3-4-18(14,15)16/h1-2,5H,3-4,6H2,(H,14,15,16). The van der Waals surface area contributed by atoms with Crippen LogP contribution in [0.3, 0.4) is 0 Å². The van der Waals surface area contributed by atoms with Gasteiger partial charge in [-0.1, -0.05) is 29.6 Å². The summed E-state index contributed by atoms with van der Waals surface area (Å²) in [4.78, 5) is 11.6. The Morgan fingerprint density at radius 1 is 1.44 bits per heavy atom. The first-order chi connectivity index (χ1) is 8.33. The fourth-order valence-corrected chi connectivity index (χ4v) is 1.66. The molecule has 0 unspecified atom stereocenters. The van der Waals surface area contributed by atoms with Crippen LogP contribution in [0.4, 0.5) is 0 Å². The molecule has 1 rings (SSSR count). The van der Waals surface area contributed by atoms with E-state index >= 15 is 0 Å². The third-order valence-electron chi connectivity index (χ3n) is 2.06. The minimum absolute atomic E-state index is 0.106. The second-order valence-corrected chi connectivity index (χ2v) is 5.42. The molecule has 1 N–H and O–H groups in total. The minimum Gasteiger partial charge on any atom is -0.461 e. The first kappa shape index (κ1) is 15.0. The summed E-state index contributed by atoms with van der Waals surface area (Å²) in [7, 11) is 1.26. The number of hydrogen-bond donors (Lipinski definition) is 1. The number of ether oxygens (including phenoxy) is 1. The van der Waals surface area contributed by atoms with Crippen molar-refractivity contribution in [1.82, 2.24) is 0 Å². The first-order valence-electron chi connectivity index (χ1n) is 4.94. The number of benzene rings is 1. The van der Waals surface area contributed by atoms with E-state index in [4.69, 9.17) is 24.0 Å². The molecule has 0 heterocycles. The molecule has 0 saturated heterocycles. The van der Waals surface area contributed by atoms with Crippen molar-refractivity contribution in [2.45, 2.75) is 6.32 Å². The molecule has 0 aliphatic rings. The summed E-state index contributed by atoms with van der Waals surface area (Å²) in [5.74, 6) is -1.42. The zero-order valence-corrected chi connectivity index (χ0v) is 10.9. The van der Waals surface area contributed by atoms with Crippen molar-refractivity contribution >= 4 is 35.5 Å². The van der Waals surface area contributed by atoms with Crippen LogP contribution < -0.4 is 0 Å². The Labute approximate surface area is 111 Å². The van der Waals surface area contributed by atoms with E-state index in [-0.39, 0.29) is 16.9 Å². The van der Waals surface area contributed by atoms with E-state index in [0.717, 1.165) is 0 Å². The lowest BCUT2D eigenvalue weighted by Gasteiger charge is -2.07. The molecule has 0 atom stereocenters. The van der Waals surface area contributed by atoms with E-state index in [2.05, 4.69) is 4.74 Å². The molecule has 0 bridgehead atoms. The Hall–Kier alpha value is -1.05. The van der Waals surface area contributed by atoms with Gasteiger partial charge < -0.3 is 4.74 Å². The quantitative estimate of drug-likeness (QED) is 0.498. The maximum absolute atomic E-state index is 11.6. The zero-order chi connectivity index (χ0) is 13.8. The summed E-state index contributed by atoms with van der Waals surface area (Å²) in [5, 5.41) is 0.184. The Morgan fingerprint density at radius 2 is 2.11 bits per heavy atom. The van der Waals surface area contributed by atoms with Crippen molar-refractivity contribution in [3.8, 4) is 0 Å². The van der Waals surface area contributed by atoms with Gasteiger partial charge in [0.1, 0.15) is 12.4 Å². The first-order valence-corrected chi connectivity index (χ1v) is 6.93. The lowest BCUT2D eigenvalue weighted by atomic mass is 9.96. The molecule has 5 nitrogen and oxygen atoms in total. The Morgan fingerprint density at radius 3 is 2.67 bits per heavy atom. The van der Waals surface area contributed by atoms with Gasteiger partial charge in [-0.15, -0.1) is 0 Å². The van der Waals surface area contributed by atoms with Crippen LogP contribution in [0.15, 0.2) is 18.2 Å². The molecule has 2 radical (unpaired) electrons. The summed E-state index contributed by atoms with van der Waals surface area (Å²) in [6, 6.07) is 4.64. The molecule has 18 heavy (non-hydrogen) atoms. The largest absolute Gasteiger partial charge is 0.461 e. The number of carbonyl (C=O) groups excluding carboxylic acids is 1. The third-order valence-corrected chi connectivity index (χ3v) is 3.07. The van der Waals surface area contributed by atoms with Gasteiger partial charge in [0.05, 0.1) is 18.4 Å². The van der Waals surface area contributed by atoms with Crippen LogP contribution in [0.1, 0.15) is 15.9 Å². The van der Waals surface area contributed by atoms with Gasteiger partial charge in [-0.25, -0.2) is 4.79 Å². The molecule has 1 aromatic rings. The van der Waals surface area contributed by atoms with Crippen LogP contribution in [0.25, 0.3) is 0 Å². The molecular weight excluding hydrogens is 278 g/mol. The molecule has 0 spiro atoms. The van der Waals surface area contributed by atoms with Crippen molar-refractivity contribution in [3.05, 3.63) is 34.3 Å². The summed E-state index contributed by atoms with van der Waals surface area (Å²) in [5.41, 5.74) is 0.802. The molecular formula is C10H10BClO5S. The van der Waals surface area contributed by atoms with Crippen LogP contribution in [-0.4, -0.2) is 39.1 Å². The van der Waals surface area contributed by atoms with E-state index in [1.807, 2.05) is 0 Å². The number of halogens is 1. The average Bonchev–Trinajstić information content (AvgIpc) is 2.27. The van der Waals surface area contributed by atoms with Crippen molar-refractivity contribution < 1.29 is 22.5 Å². The summed E-state index contributed by atoms with van der Waals surface area (Å²) in [6.45, 7) is -0.444. The van der Waals surface area contributed by atoms with Crippen molar-refractivity contribution in [3.63, 3.8) is 0 Å². The molecule has 0 aliphatic heterocycles. The average molecular weight is 289 g/mol. The van der Waals surface area contributed by atoms with Gasteiger partial charge in [-0.2, -0.15) is 8.42 Å².